The van der Waals surface area contributed by atoms with Gasteiger partial charge in [0.25, 0.3) is 0 Å². The molecule has 1 aromatic rings. The molecule has 1 rings (SSSR count). The van der Waals surface area contributed by atoms with Gasteiger partial charge in [-0.1, -0.05) is 0 Å². The Hall–Kier alpha value is -0.980. The Balaban J connectivity index is 2.41. The second kappa shape index (κ2) is 4.69. The maximum atomic E-state index is 10.5. The smallest absolute Gasteiger partial charge is 0.365 e. The van der Waals surface area contributed by atoms with Crippen molar-refractivity contribution in [1.29, 1.82) is 0 Å². The molecule has 0 aromatic carbocycles. The van der Waals surface area contributed by atoms with E-state index in [1.807, 2.05) is 0 Å². The number of nitrogens with one attached hydrogen (secondary N) is 1. The van der Waals surface area contributed by atoms with Crippen LogP contribution >= 0.6 is 11.3 Å². The molecule has 0 bridgehead atoms. The minimum atomic E-state index is -1.01. The summed E-state index contributed by atoms with van der Waals surface area (Å²) in [6.45, 7) is 4.30. The van der Waals surface area contributed by atoms with Crippen molar-refractivity contribution in [3.05, 3.63) is 16.1 Å². The lowest BCUT2D eigenvalue weighted by atomic mass is 10.1. The molecule has 0 radical (unpaired) electrons. The molecule has 0 amide bonds. The fraction of sp³-hybridized carbons (Fsp3) is 0.556. The van der Waals surface area contributed by atoms with E-state index in [1.165, 1.54) is 0 Å². The van der Waals surface area contributed by atoms with Crippen LogP contribution in [0, 0.1) is 0 Å². The number of thiazole rings is 1. The van der Waals surface area contributed by atoms with Gasteiger partial charge in [0.15, 0.2) is 0 Å². The van der Waals surface area contributed by atoms with Crippen LogP contribution in [0.15, 0.2) is 5.38 Å². The van der Waals surface area contributed by atoms with Crippen molar-refractivity contribution < 1.29 is 15.0 Å². The molecule has 0 aliphatic heterocycles. The molecule has 1 aromatic heterocycles. The molecule has 0 fully saturated rings. The van der Waals surface area contributed by atoms with Crippen molar-refractivity contribution in [2.24, 2.45) is 0 Å². The average Bonchev–Trinajstić information content (AvgIpc) is 2.50. The Morgan fingerprint density at radius 3 is 2.80 bits per heavy atom. The number of carboxylic acids is 1. The standard InChI is InChI=1S/C9H14N2O3S/c1-9(2,14)5-10-3-6-4-15-7(11-6)8(12)13/h4,10,14H,3,5H2,1-2H3,(H,12,13). The summed E-state index contributed by atoms with van der Waals surface area (Å²) in [7, 11) is 0. The summed E-state index contributed by atoms with van der Waals surface area (Å²) in [5.74, 6) is -1.01. The lowest BCUT2D eigenvalue weighted by Crippen LogP contribution is -2.34. The number of hydrogen-bond acceptors (Lipinski definition) is 5. The fourth-order valence-corrected chi connectivity index (χ4v) is 1.64. The molecule has 3 N–H and O–H groups in total. The molecule has 0 saturated heterocycles. The third kappa shape index (κ3) is 4.37. The molecule has 0 atom stereocenters. The van der Waals surface area contributed by atoms with E-state index in [2.05, 4.69) is 10.3 Å². The van der Waals surface area contributed by atoms with E-state index in [0.717, 1.165) is 11.3 Å². The second-order valence-electron chi connectivity index (χ2n) is 3.87. The zero-order chi connectivity index (χ0) is 11.5. The molecule has 6 heteroatoms. The molecular weight excluding hydrogens is 216 g/mol. The van der Waals surface area contributed by atoms with Gasteiger partial charge in [-0.15, -0.1) is 11.3 Å². The molecule has 0 unspecified atom stereocenters. The van der Waals surface area contributed by atoms with Crippen molar-refractivity contribution in [2.45, 2.75) is 26.0 Å². The highest BCUT2D eigenvalue weighted by Gasteiger charge is 2.12. The molecule has 1 heterocycles. The minimum absolute atomic E-state index is 0.0926. The van der Waals surface area contributed by atoms with Crippen LogP contribution in [0.2, 0.25) is 0 Å². The van der Waals surface area contributed by atoms with E-state index >= 15 is 0 Å². The Kier molecular flexibility index (Phi) is 3.78. The van der Waals surface area contributed by atoms with E-state index in [-0.39, 0.29) is 5.01 Å². The van der Waals surface area contributed by atoms with Gasteiger partial charge in [0.1, 0.15) is 0 Å². The Morgan fingerprint density at radius 1 is 1.67 bits per heavy atom. The predicted octanol–water partition coefficient (Wildman–Crippen LogP) is 0.702. The van der Waals surface area contributed by atoms with Crippen LogP contribution in [-0.2, 0) is 6.54 Å². The van der Waals surface area contributed by atoms with Crippen LogP contribution < -0.4 is 5.32 Å². The van der Waals surface area contributed by atoms with Gasteiger partial charge in [-0.2, -0.15) is 0 Å². The highest BCUT2D eigenvalue weighted by molar-refractivity contribution is 7.11. The van der Waals surface area contributed by atoms with Crippen molar-refractivity contribution in [3.8, 4) is 0 Å². The first-order valence-electron chi connectivity index (χ1n) is 4.49. The van der Waals surface area contributed by atoms with Gasteiger partial charge in [-0.05, 0) is 13.8 Å². The summed E-state index contributed by atoms with van der Waals surface area (Å²) < 4.78 is 0. The number of aromatic nitrogens is 1. The third-order valence-corrected chi connectivity index (χ3v) is 2.48. The highest BCUT2D eigenvalue weighted by atomic mass is 32.1. The maximum Gasteiger partial charge on any atom is 0.365 e. The lowest BCUT2D eigenvalue weighted by Gasteiger charge is -2.16. The summed E-state index contributed by atoms with van der Waals surface area (Å²) in [5, 5.41) is 22.8. The molecule has 0 spiro atoms. The zero-order valence-corrected chi connectivity index (χ0v) is 9.47. The fourth-order valence-electron chi connectivity index (χ4n) is 0.983. The van der Waals surface area contributed by atoms with Gasteiger partial charge in [0.2, 0.25) is 5.01 Å². The summed E-state index contributed by atoms with van der Waals surface area (Å²) >= 11 is 1.10. The first-order valence-corrected chi connectivity index (χ1v) is 5.37. The maximum absolute atomic E-state index is 10.5. The number of aliphatic hydroxyl groups is 1. The van der Waals surface area contributed by atoms with Crippen LogP contribution in [0.25, 0.3) is 0 Å². The molecule has 0 aliphatic rings. The number of carboxylic acid groups (broad SMARTS) is 1. The van der Waals surface area contributed by atoms with Gasteiger partial charge >= 0.3 is 5.97 Å². The topological polar surface area (TPSA) is 82.5 Å². The van der Waals surface area contributed by atoms with Crippen molar-refractivity contribution in [3.63, 3.8) is 0 Å². The average molecular weight is 230 g/mol. The zero-order valence-electron chi connectivity index (χ0n) is 8.65. The van der Waals surface area contributed by atoms with Crippen LogP contribution in [0.5, 0.6) is 0 Å². The predicted molar refractivity (Wildman–Crippen MR) is 57.1 cm³/mol. The van der Waals surface area contributed by atoms with Gasteiger partial charge in [-0.25, -0.2) is 9.78 Å². The van der Waals surface area contributed by atoms with Crippen LogP contribution in [0.4, 0.5) is 0 Å². The molecule has 0 saturated carbocycles. The summed E-state index contributed by atoms with van der Waals surface area (Å²) in [4.78, 5) is 14.4. The van der Waals surface area contributed by atoms with Crippen LogP contribution in [0.1, 0.15) is 29.3 Å². The molecule has 84 valence electrons. The first kappa shape index (κ1) is 12.1. The van der Waals surface area contributed by atoms with Crippen LogP contribution in [-0.4, -0.2) is 33.3 Å². The lowest BCUT2D eigenvalue weighted by molar-refractivity contribution is 0.0694. The normalized spacial score (nSPS) is 11.7. The molecule has 0 aliphatic carbocycles. The minimum Gasteiger partial charge on any atom is -0.476 e. The summed E-state index contributed by atoms with van der Waals surface area (Å²) in [6, 6.07) is 0. The largest absolute Gasteiger partial charge is 0.476 e. The van der Waals surface area contributed by atoms with Gasteiger partial charge in [0.05, 0.1) is 11.3 Å². The van der Waals surface area contributed by atoms with Gasteiger partial charge in [0, 0.05) is 18.5 Å². The SMILES string of the molecule is CC(C)(O)CNCc1csc(C(=O)O)n1. The number of aromatic carboxylic acids is 1. The van der Waals surface area contributed by atoms with Crippen molar-refractivity contribution >= 4 is 17.3 Å². The van der Waals surface area contributed by atoms with Gasteiger partial charge in [-0.3, -0.25) is 0 Å². The number of carbonyl (C=O) groups is 1. The summed E-state index contributed by atoms with van der Waals surface area (Å²) in [6.07, 6.45) is 0. The monoisotopic (exact) mass is 230 g/mol. The number of nitrogens with zero attached hydrogens (tertiary/aromatic N) is 1. The van der Waals surface area contributed by atoms with E-state index in [9.17, 15) is 9.90 Å². The Bertz CT molecular complexity index is 343. The second-order valence-corrected chi connectivity index (χ2v) is 4.72. The van der Waals surface area contributed by atoms with Crippen molar-refractivity contribution in [2.75, 3.05) is 6.54 Å². The molecule has 5 nitrogen and oxygen atoms in total. The number of rotatable bonds is 5. The van der Waals surface area contributed by atoms with E-state index in [4.69, 9.17) is 5.11 Å². The molecular formula is C9H14N2O3S. The molecule has 15 heavy (non-hydrogen) atoms. The van der Waals surface area contributed by atoms with Crippen LogP contribution in [0.3, 0.4) is 0 Å². The Labute approximate surface area is 91.8 Å². The number of hydrogen-bond donors (Lipinski definition) is 3. The van der Waals surface area contributed by atoms with E-state index < -0.39 is 11.6 Å². The summed E-state index contributed by atoms with van der Waals surface area (Å²) in [5.41, 5.74) is -0.0901. The van der Waals surface area contributed by atoms with E-state index in [0.29, 0.717) is 18.8 Å². The highest BCUT2D eigenvalue weighted by Crippen LogP contribution is 2.09. The third-order valence-electron chi connectivity index (χ3n) is 1.60. The quantitative estimate of drug-likeness (QED) is 0.693. The first-order chi connectivity index (χ1) is 6.88. The van der Waals surface area contributed by atoms with Crippen molar-refractivity contribution in [1.82, 2.24) is 10.3 Å². The Morgan fingerprint density at radius 2 is 2.33 bits per heavy atom. The van der Waals surface area contributed by atoms with E-state index in [1.54, 1.807) is 19.2 Å². The van der Waals surface area contributed by atoms with Gasteiger partial charge < -0.3 is 15.5 Å².